The van der Waals surface area contributed by atoms with Crippen LogP contribution in [0.2, 0.25) is 0 Å². The van der Waals surface area contributed by atoms with E-state index in [1.165, 1.54) is 16.8 Å². The smallest absolute Gasteiger partial charge is 0.261 e. The van der Waals surface area contributed by atoms with Gasteiger partial charge in [0.25, 0.3) is 5.56 Å². The summed E-state index contributed by atoms with van der Waals surface area (Å²) in [6.45, 7) is -0.663. The van der Waals surface area contributed by atoms with Gasteiger partial charge in [0, 0.05) is 6.20 Å². The molecule has 1 aliphatic heterocycles. The summed E-state index contributed by atoms with van der Waals surface area (Å²) in [5.41, 5.74) is 5.10. The van der Waals surface area contributed by atoms with Crippen LogP contribution in [0.25, 0.3) is 11.0 Å². The van der Waals surface area contributed by atoms with Gasteiger partial charge in [0.05, 0.1) is 12.0 Å². The average Bonchev–Trinajstić information content (AvgIpc) is 2.94. The molecule has 6 atom stereocenters. The van der Waals surface area contributed by atoms with Crippen LogP contribution in [0.5, 0.6) is 0 Å². The summed E-state index contributed by atoms with van der Waals surface area (Å²) in [4.78, 5) is 18.2. The summed E-state index contributed by atoms with van der Waals surface area (Å²) >= 11 is 0. The second-order valence-corrected chi connectivity index (χ2v) is 5.62. The summed E-state index contributed by atoms with van der Waals surface area (Å²) in [7, 11) is 0. The lowest BCUT2D eigenvalue weighted by Crippen LogP contribution is -2.47. The fraction of sp³-hybridized carbons (Fsp3) is 0.538. The molecule has 0 aliphatic carbocycles. The number of rotatable bonds is 2. The maximum Gasteiger partial charge on any atom is 0.261 e. The third-order valence-electron chi connectivity index (χ3n) is 4.09. The van der Waals surface area contributed by atoms with Gasteiger partial charge in [0.2, 0.25) is 5.95 Å². The van der Waals surface area contributed by atoms with E-state index in [9.17, 15) is 30.3 Å². The first-order valence-electron chi connectivity index (χ1n) is 7.20. The zero-order valence-corrected chi connectivity index (χ0v) is 12.4. The van der Waals surface area contributed by atoms with E-state index in [2.05, 4.69) is 9.97 Å². The first-order valence-corrected chi connectivity index (χ1v) is 7.20. The van der Waals surface area contributed by atoms with Crippen LogP contribution < -0.4 is 11.3 Å². The molecule has 11 nitrogen and oxygen atoms in total. The lowest BCUT2D eigenvalue weighted by Gasteiger charge is -2.27. The topological polar surface area (TPSA) is 187 Å². The highest BCUT2D eigenvalue weighted by atomic mass is 16.6. The van der Waals surface area contributed by atoms with E-state index in [0.717, 1.165) is 0 Å². The van der Waals surface area contributed by atoms with Gasteiger partial charge in [-0.1, -0.05) is 0 Å². The first-order chi connectivity index (χ1) is 11.3. The maximum atomic E-state index is 11.9. The monoisotopic (exact) mass is 342 g/mol. The second-order valence-electron chi connectivity index (χ2n) is 5.62. The van der Waals surface area contributed by atoms with E-state index in [0.29, 0.717) is 0 Å². The highest BCUT2D eigenvalue weighted by Crippen LogP contribution is 2.29. The zero-order valence-electron chi connectivity index (χ0n) is 12.4. The minimum atomic E-state index is -1.75. The van der Waals surface area contributed by atoms with E-state index in [1.54, 1.807) is 0 Å². The van der Waals surface area contributed by atoms with E-state index >= 15 is 0 Å². The van der Waals surface area contributed by atoms with Crippen LogP contribution in [-0.4, -0.2) is 77.2 Å². The van der Waals surface area contributed by atoms with Gasteiger partial charge in [-0.05, 0) is 6.07 Å². The molecule has 24 heavy (non-hydrogen) atoms. The Kier molecular flexibility index (Phi) is 4.29. The van der Waals surface area contributed by atoms with Gasteiger partial charge in [-0.2, -0.15) is 4.98 Å². The highest BCUT2D eigenvalue weighted by Gasteiger charge is 2.45. The number of aromatic nitrogens is 3. The Hall–Kier alpha value is -2.02. The van der Waals surface area contributed by atoms with Gasteiger partial charge in [-0.3, -0.25) is 9.78 Å². The van der Waals surface area contributed by atoms with Gasteiger partial charge in [0.15, 0.2) is 11.9 Å². The van der Waals surface area contributed by atoms with Crippen molar-refractivity contribution in [2.24, 2.45) is 0 Å². The molecule has 0 radical (unpaired) electrons. The first kappa shape index (κ1) is 16.8. The Morgan fingerprint density at radius 3 is 2.54 bits per heavy atom. The van der Waals surface area contributed by atoms with E-state index in [-0.39, 0.29) is 17.0 Å². The van der Waals surface area contributed by atoms with Gasteiger partial charge in [-0.15, -0.1) is 0 Å². The summed E-state index contributed by atoms with van der Waals surface area (Å²) < 4.78 is 6.70. The molecule has 1 saturated heterocycles. The van der Waals surface area contributed by atoms with Crippen molar-refractivity contribution in [1.29, 1.82) is 0 Å². The van der Waals surface area contributed by atoms with E-state index in [1.807, 2.05) is 0 Å². The molecule has 0 saturated carbocycles. The number of H-pyrrole nitrogens is 1. The number of nitrogen functional groups attached to an aromatic ring is 1. The lowest BCUT2D eigenvalue weighted by molar-refractivity contribution is -0.149. The number of ether oxygens (including phenoxy) is 1. The summed E-state index contributed by atoms with van der Waals surface area (Å²) in [6.07, 6.45) is -7.98. The minimum absolute atomic E-state index is 0.0788. The van der Waals surface area contributed by atoms with Crippen molar-refractivity contribution in [1.82, 2.24) is 14.5 Å². The number of aliphatic hydroxyl groups excluding tert-OH is 5. The fourth-order valence-corrected chi connectivity index (χ4v) is 2.78. The van der Waals surface area contributed by atoms with Crippen molar-refractivity contribution < 1.29 is 30.3 Å². The van der Waals surface area contributed by atoms with Gasteiger partial charge in [0.1, 0.15) is 30.5 Å². The Balaban J connectivity index is 2.11. The highest BCUT2D eigenvalue weighted by molar-refractivity contribution is 5.76. The van der Waals surface area contributed by atoms with Crippen LogP contribution in [0.4, 0.5) is 5.95 Å². The average molecular weight is 342 g/mol. The van der Waals surface area contributed by atoms with Crippen LogP contribution in [0.1, 0.15) is 6.23 Å². The Morgan fingerprint density at radius 2 is 1.88 bits per heavy atom. The summed E-state index contributed by atoms with van der Waals surface area (Å²) in [5, 5.41) is 49.6. The van der Waals surface area contributed by atoms with Crippen molar-refractivity contribution >= 4 is 17.0 Å². The fourth-order valence-electron chi connectivity index (χ4n) is 2.78. The number of aliphatic hydroxyl groups is 5. The van der Waals surface area contributed by atoms with Crippen molar-refractivity contribution in [3.05, 3.63) is 22.6 Å². The van der Waals surface area contributed by atoms with Crippen LogP contribution in [0.3, 0.4) is 0 Å². The number of nitrogens with zero attached hydrogens (tertiary/aromatic N) is 2. The standard InChI is InChI=1S/C13H18N4O7/c14-13-15-10-4(11(23)16-13)1-2-17(10)12-9(22)8(21)7(20)6(19)5(3-18)24-12/h1-2,5-9,12,18-22H,3H2,(H3,14,15,16,23)/t5?,6-,7?,8?,9?,12-/m1/s1. The van der Waals surface area contributed by atoms with E-state index < -0.39 is 48.9 Å². The van der Waals surface area contributed by atoms with Crippen LogP contribution >= 0.6 is 0 Å². The molecule has 2 aromatic heterocycles. The predicted octanol–water partition coefficient (Wildman–Crippen LogP) is -3.36. The number of nitrogens with one attached hydrogen (secondary N) is 1. The Labute approximate surface area is 134 Å². The largest absolute Gasteiger partial charge is 0.394 e. The minimum Gasteiger partial charge on any atom is -0.394 e. The molecule has 3 rings (SSSR count). The lowest BCUT2D eigenvalue weighted by atomic mass is 10.0. The van der Waals surface area contributed by atoms with E-state index in [4.69, 9.17) is 10.5 Å². The summed E-state index contributed by atoms with van der Waals surface area (Å²) in [6, 6.07) is 1.41. The molecule has 1 fully saturated rings. The predicted molar refractivity (Wildman–Crippen MR) is 79.8 cm³/mol. The third kappa shape index (κ3) is 2.56. The molecule has 0 spiro atoms. The number of aromatic amines is 1. The SMILES string of the molecule is Nc1nc2c(ccn2[C@@H]2OC(CO)[C@@H](O)C(O)C(O)C2O)c(=O)[nH]1. The molecule has 8 N–H and O–H groups in total. The Morgan fingerprint density at radius 1 is 1.21 bits per heavy atom. The number of hydrogen-bond donors (Lipinski definition) is 7. The number of hydrogen-bond acceptors (Lipinski definition) is 9. The molecule has 2 aromatic rings. The molecule has 1 aliphatic rings. The quantitative estimate of drug-likeness (QED) is 0.292. The molecular formula is C13H18N4O7. The molecule has 0 bridgehead atoms. The van der Waals surface area contributed by atoms with Gasteiger partial charge < -0.3 is 40.6 Å². The molecule has 11 heteroatoms. The van der Waals surface area contributed by atoms with Crippen molar-refractivity contribution in [3.63, 3.8) is 0 Å². The van der Waals surface area contributed by atoms with Crippen LogP contribution in [-0.2, 0) is 4.74 Å². The van der Waals surface area contributed by atoms with Crippen LogP contribution in [0.15, 0.2) is 17.1 Å². The third-order valence-corrected chi connectivity index (χ3v) is 4.09. The molecule has 0 amide bonds. The van der Waals surface area contributed by atoms with Crippen molar-refractivity contribution in [2.75, 3.05) is 12.3 Å². The van der Waals surface area contributed by atoms with Crippen molar-refractivity contribution in [3.8, 4) is 0 Å². The molecule has 4 unspecified atom stereocenters. The molecule has 132 valence electrons. The normalized spacial score (nSPS) is 34.4. The Bertz CT molecular complexity index is 788. The molecule has 3 heterocycles. The molecule has 0 aromatic carbocycles. The number of nitrogens with two attached hydrogens (primary N) is 1. The van der Waals surface area contributed by atoms with Crippen molar-refractivity contribution in [2.45, 2.75) is 36.7 Å². The van der Waals surface area contributed by atoms with Crippen LogP contribution in [0, 0.1) is 0 Å². The molecular weight excluding hydrogens is 324 g/mol. The van der Waals surface area contributed by atoms with Gasteiger partial charge >= 0.3 is 0 Å². The maximum absolute atomic E-state index is 11.9. The zero-order chi connectivity index (χ0) is 17.6. The second kappa shape index (κ2) is 6.12. The van der Waals surface area contributed by atoms with Gasteiger partial charge in [-0.25, -0.2) is 0 Å². The number of anilines is 1. The summed E-state index contributed by atoms with van der Waals surface area (Å²) in [5.74, 6) is -0.158. The number of fused-ring (bicyclic) bond motifs is 1.